The van der Waals surface area contributed by atoms with Gasteiger partial charge < -0.3 is 14.2 Å². The van der Waals surface area contributed by atoms with E-state index in [0.717, 1.165) is 18.1 Å². The predicted molar refractivity (Wildman–Crippen MR) is 83.5 cm³/mol. The number of thiol groups is 1. The molecule has 0 aliphatic rings. The van der Waals surface area contributed by atoms with Crippen LogP contribution in [0.3, 0.4) is 0 Å². The van der Waals surface area contributed by atoms with Crippen molar-refractivity contribution in [1.29, 1.82) is 0 Å². The van der Waals surface area contributed by atoms with Crippen molar-refractivity contribution in [2.45, 2.75) is 4.90 Å². The highest BCUT2D eigenvalue weighted by Crippen LogP contribution is 2.16. The van der Waals surface area contributed by atoms with Crippen LogP contribution >= 0.6 is 24.4 Å². The molecule has 3 nitrogen and oxygen atoms in total. The zero-order chi connectivity index (χ0) is 13.6. The fourth-order valence-electron chi connectivity index (χ4n) is 1.34. The van der Waals surface area contributed by atoms with Crippen LogP contribution in [0.15, 0.2) is 35.2 Å². The zero-order valence-corrected chi connectivity index (χ0v) is 12.8. The lowest BCUT2D eigenvalue weighted by molar-refractivity contribution is 0.0205. The minimum absolute atomic E-state index is 0.621. The molecule has 0 fully saturated rings. The molecular weight excluding hydrogens is 280 g/mol. The number of benzene rings is 1. The average Bonchev–Trinajstić information content (AvgIpc) is 2.46. The lowest BCUT2D eigenvalue weighted by Crippen LogP contribution is -2.11. The summed E-state index contributed by atoms with van der Waals surface area (Å²) in [6.07, 6.45) is 0. The Labute approximate surface area is 125 Å². The van der Waals surface area contributed by atoms with Gasteiger partial charge in [-0.05, 0) is 12.1 Å². The highest BCUT2D eigenvalue weighted by molar-refractivity contribution is 7.99. The summed E-state index contributed by atoms with van der Waals surface area (Å²) in [4.78, 5) is 1.28. The zero-order valence-electron chi connectivity index (χ0n) is 11.1. The van der Waals surface area contributed by atoms with Crippen LogP contribution in [-0.4, -0.2) is 51.1 Å². The minimum Gasteiger partial charge on any atom is -0.378 e. The minimum atomic E-state index is 0.621. The highest BCUT2D eigenvalue weighted by Gasteiger charge is 1.94. The third-order valence-corrected chi connectivity index (χ3v) is 3.38. The van der Waals surface area contributed by atoms with Crippen molar-refractivity contribution in [3.8, 4) is 0 Å². The van der Waals surface area contributed by atoms with Gasteiger partial charge in [-0.15, -0.1) is 11.8 Å². The van der Waals surface area contributed by atoms with E-state index in [9.17, 15) is 0 Å². The Bertz CT molecular complexity index is 296. The van der Waals surface area contributed by atoms with Crippen LogP contribution in [0.4, 0.5) is 0 Å². The van der Waals surface area contributed by atoms with Gasteiger partial charge in [-0.25, -0.2) is 0 Å². The van der Waals surface area contributed by atoms with E-state index in [2.05, 4.69) is 24.8 Å². The van der Waals surface area contributed by atoms with Gasteiger partial charge in [0.1, 0.15) is 0 Å². The first-order valence-electron chi connectivity index (χ1n) is 6.45. The molecule has 0 saturated carbocycles. The summed E-state index contributed by atoms with van der Waals surface area (Å²) in [6, 6.07) is 10.3. The van der Waals surface area contributed by atoms with E-state index >= 15 is 0 Å². The third-order valence-electron chi connectivity index (χ3n) is 2.22. The van der Waals surface area contributed by atoms with E-state index in [1.807, 2.05) is 18.2 Å². The molecule has 5 heteroatoms. The molecule has 0 unspecified atom stereocenters. The molecule has 19 heavy (non-hydrogen) atoms. The molecule has 1 rings (SSSR count). The van der Waals surface area contributed by atoms with Gasteiger partial charge in [0.25, 0.3) is 0 Å². The van der Waals surface area contributed by atoms with Crippen molar-refractivity contribution >= 4 is 24.4 Å². The van der Waals surface area contributed by atoms with Gasteiger partial charge in [0, 0.05) is 16.4 Å². The molecule has 0 saturated heterocycles. The molecule has 0 radical (unpaired) electrons. The lowest BCUT2D eigenvalue weighted by Gasteiger charge is -2.06. The molecule has 0 aliphatic carbocycles. The molecule has 0 atom stereocenters. The molecule has 0 spiro atoms. The first-order valence-corrected chi connectivity index (χ1v) is 8.07. The number of hydrogen-bond donors (Lipinski definition) is 1. The van der Waals surface area contributed by atoms with Crippen molar-refractivity contribution in [1.82, 2.24) is 0 Å². The second-order valence-corrected chi connectivity index (χ2v) is 5.34. The summed E-state index contributed by atoms with van der Waals surface area (Å²) < 4.78 is 16.1. The normalized spacial score (nSPS) is 10.8. The second-order valence-electron chi connectivity index (χ2n) is 3.72. The number of hydrogen-bond acceptors (Lipinski definition) is 5. The Balaban J connectivity index is 1.79. The molecule has 0 bridgehead atoms. The Hall–Kier alpha value is -0.200. The predicted octanol–water partition coefficient (Wildman–Crippen LogP) is 2.76. The van der Waals surface area contributed by atoms with E-state index in [4.69, 9.17) is 14.2 Å². The molecular formula is C14H22O3S2. The standard InChI is InChI=1S/C14H22O3S2/c18-12-10-16-8-6-15-7-9-17-11-13-19-14-4-2-1-3-5-14/h1-5,18H,6-13H2. The van der Waals surface area contributed by atoms with Gasteiger partial charge in [0.05, 0.1) is 39.6 Å². The van der Waals surface area contributed by atoms with Crippen LogP contribution in [0.5, 0.6) is 0 Å². The van der Waals surface area contributed by atoms with E-state index in [1.54, 1.807) is 11.8 Å². The fraction of sp³-hybridized carbons (Fsp3) is 0.571. The van der Waals surface area contributed by atoms with Gasteiger partial charge in [0.2, 0.25) is 0 Å². The maximum absolute atomic E-state index is 5.48. The van der Waals surface area contributed by atoms with Crippen molar-refractivity contribution in [3.05, 3.63) is 30.3 Å². The van der Waals surface area contributed by atoms with Gasteiger partial charge in [-0.3, -0.25) is 0 Å². The van der Waals surface area contributed by atoms with Crippen LogP contribution in [0, 0.1) is 0 Å². The molecule has 0 amide bonds. The van der Waals surface area contributed by atoms with E-state index in [-0.39, 0.29) is 0 Å². The second kappa shape index (κ2) is 12.8. The van der Waals surface area contributed by atoms with Gasteiger partial charge in [0.15, 0.2) is 0 Å². The van der Waals surface area contributed by atoms with Gasteiger partial charge in [-0.1, -0.05) is 18.2 Å². The first kappa shape index (κ1) is 16.9. The summed E-state index contributed by atoms with van der Waals surface area (Å²) in [5.41, 5.74) is 0. The first-order chi connectivity index (χ1) is 9.43. The van der Waals surface area contributed by atoms with Gasteiger partial charge >= 0.3 is 0 Å². The topological polar surface area (TPSA) is 27.7 Å². The Morgan fingerprint density at radius 1 is 0.789 bits per heavy atom. The molecule has 0 heterocycles. The van der Waals surface area contributed by atoms with E-state index < -0.39 is 0 Å². The average molecular weight is 302 g/mol. The SMILES string of the molecule is SCCOCCOCCOCCSc1ccccc1. The van der Waals surface area contributed by atoms with E-state index in [1.165, 1.54) is 4.90 Å². The van der Waals surface area contributed by atoms with Gasteiger partial charge in [-0.2, -0.15) is 12.6 Å². The van der Waals surface area contributed by atoms with Crippen molar-refractivity contribution in [2.75, 3.05) is 51.1 Å². The Kier molecular flexibility index (Phi) is 11.4. The Morgan fingerprint density at radius 2 is 1.37 bits per heavy atom. The van der Waals surface area contributed by atoms with Crippen LogP contribution < -0.4 is 0 Å². The smallest absolute Gasteiger partial charge is 0.0701 e. The van der Waals surface area contributed by atoms with Crippen molar-refractivity contribution in [3.63, 3.8) is 0 Å². The third kappa shape index (κ3) is 10.3. The van der Waals surface area contributed by atoms with Crippen LogP contribution in [0.25, 0.3) is 0 Å². The Morgan fingerprint density at radius 3 is 2.00 bits per heavy atom. The fourth-order valence-corrected chi connectivity index (χ4v) is 2.26. The molecule has 1 aromatic carbocycles. The quantitative estimate of drug-likeness (QED) is 0.365. The van der Waals surface area contributed by atoms with Crippen LogP contribution in [0.2, 0.25) is 0 Å². The number of rotatable bonds is 12. The number of thioether (sulfide) groups is 1. The maximum atomic E-state index is 5.48. The largest absolute Gasteiger partial charge is 0.378 e. The summed E-state index contributed by atoms with van der Waals surface area (Å²) in [7, 11) is 0. The summed E-state index contributed by atoms with van der Waals surface area (Å²) in [5, 5.41) is 0. The van der Waals surface area contributed by atoms with E-state index in [0.29, 0.717) is 33.0 Å². The number of ether oxygens (including phenoxy) is 3. The molecule has 1 aromatic rings. The molecule has 0 aliphatic heterocycles. The molecule has 108 valence electrons. The summed E-state index contributed by atoms with van der Waals surface area (Å²) in [5.74, 6) is 1.72. The van der Waals surface area contributed by atoms with Crippen molar-refractivity contribution in [2.24, 2.45) is 0 Å². The van der Waals surface area contributed by atoms with Crippen LogP contribution in [-0.2, 0) is 14.2 Å². The monoisotopic (exact) mass is 302 g/mol. The van der Waals surface area contributed by atoms with Crippen LogP contribution in [0.1, 0.15) is 0 Å². The van der Waals surface area contributed by atoms with Crippen molar-refractivity contribution < 1.29 is 14.2 Å². The molecule has 0 aromatic heterocycles. The molecule has 0 N–H and O–H groups in total. The highest BCUT2D eigenvalue weighted by atomic mass is 32.2. The summed E-state index contributed by atoms with van der Waals surface area (Å²) in [6.45, 7) is 3.95. The summed E-state index contributed by atoms with van der Waals surface area (Å²) >= 11 is 5.85. The maximum Gasteiger partial charge on any atom is 0.0701 e. The lowest BCUT2D eigenvalue weighted by atomic mass is 10.4.